The monoisotopic (exact) mass is 174 g/mol. The molecular weight excluding hydrogens is 160 g/mol. The van der Waals surface area contributed by atoms with Crippen molar-refractivity contribution < 1.29 is 0 Å². The fraction of sp³-hybridized carbons (Fsp3) is 0.273. The number of hydrogen-bond acceptors (Lipinski definition) is 2. The van der Waals surface area contributed by atoms with Crippen molar-refractivity contribution in [3.8, 4) is 12.3 Å². The van der Waals surface area contributed by atoms with Crippen molar-refractivity contribution in [1.82, 2.24) is 4.90 Å². The highest BCUT2D eigenvalue weighted by molar-refractivity contribution is 5.58. The molecule has 0 saturated carbocycles. The molecular formula is C11H14N2. The molecule has 0 aliphatic carbocycles. The Hall–Kier alpha value is -1.46. The second-order valence-electron chi connectivity index (χ2n) is 3.10. The van der Waals surface area contributed by atoms with Gasteiger partial charge < -0.3 is 5.32 Å². The first-order valence-electron chi connectivity index (χ1n) is 4.18. The molecule has 0 spiro atoms. The van der Waals surface area contributed by atoms with Gasteiger partial charge in [-0.25, -0.2) is 0 Å². The van der Waals surface area contributed by atoms with Gasteiger partial charge in [-0.05, 0) is 26.2 Å². The lowest BCUT2D eigenvalue weighted by atomic mass is 10.2. The molecule has 0 saturated heterocycles. The van der Waals surface area contributed by atoms with Crippen LogP contribution in [0.3, 0.4) is 0 Å². The van der Waals surface area contributed by atoms with Crippen LogP contribution in [0.15, 0.2) is 24.3 Å². The van der Waals surface area contributed by atoms with E-state index in [1.807, 2.05) is 43.3 Å². The van der Waals surface area contributed by atoms with Gasteiger partial charge in [-0.3, -0.25) is 4.90 Å². The molecule has 0 heterocycles. The number of nitrogens with zero attached hydrogens (tertiary/aromatic N) is 1. The van der Waals surface area contributed by atoms with Crippen LogP contribution in [0.25, 0.3) is 0 Å². The molecule has 1 rings (SSSR count). The number of para-hydroxylation sites is 1. The van der Waals surface area contributed by atoms with Crippen LogP contribution in [0.1, 0.15) is 5.56 Å². The molecule has 2 nitrogen and oxygen atoms in total. The van der Waals surface area contributed by atoms with Crippen molar-refractivity contribution in [3.63, 3.8) is 0 Å². The van der Waals surface area contributed by atoms with Crippen molar-refractivity contribution in [2.45, 2.75) is 0 Å². The number of benzene rings is 1. The number of nitrogens with one attached hydrogen (secondary N) is 1. The Labute approximate surface area is 79.6 Å². The zero-order valence-corrected chi connectivity index (χ0v) is 8.04. The van der Waals surface area contributed by atoms with E-state index in [9.17, 15) is 0 Å². The van der Waals surface area contributed by atoms with Crippen molar-refractivity contribution in [3.05, 3.63) is 29.8 Å². The zero-order chi connectivity index (χ0) is 9.68. The highest BCUT2D eigenvalue weighted by Crippen LogP contribution is 2.12. The Morgan fingerprint density at radius 1 is 1.38 bits per heavy atom. The highest BCUT2D eigenvalue weighted by atomic mass is 15.2. The van der Waals surface area contributed by atoms with Crippen LogP contribution in [0.4, 0.5) is 5.69 Å². The van der Waals surface area contributed by atoms with Gasteiger partial charge in [0, 0.05) is 5.56 Å². The molecule has 0 aromatic heterocycles. The van der Waals surface area contributed by atoms with Gasteiger partial charge in [-0.1, -0.05) is 18.1 Å². The summed E-state index contributed by atoms with van der Waals surface area (Å²) in [5.74, 6) is 2.64. The van der Waals surface area contributed by atoms with E-state index in [4.69, 9.17) is 6.42 Å². The maximum Gasteiger partial charge on any atom is 0.0673 e. The van der Waals surface area contributed by atoms with Gasteiger partial charge in [-0.15, -0.1) is 6.42 Å². The summed E-state index contributed by atoms with van der Waals surface area (Å²) in [5, 5.41) is 3.25. The molecule has 1 aromatic carbocycles. The summed E-state index contributed by atoms with van der Waals surface area (Å²) in [6, 6.07) is 7.82. The Morgan fingerprint density at radius 2 is 2.08 bits per heavy atom. The molecule has 0 bridgehead atoms. The van der Waals surface area contributed by atoms with Crippen molar-refractivity contribution in [1.29, 1.82) is 0 Å². The average molecular weight is 174 g/mol. The second-order valence-corrected chi connectivity index (χ2v) is 3.10. The summed E-state index contributed by atoms with van der Waals surface area (Å²) in [6.45, 7) is 0.790. The van der Waals surface area contributed by atoms with Gasteiger partial charge in [0.2, 0.25) is 0 Å². The molecule has 0 radical (unpaired) electrons. The molecule has 0 unspecified atom stereocenters. The molecule has 2 heteroatoms. The first kappa shape index (κ1) is 9.63. The quantitative estimate of drug-likeness (QED) is 0.553. The molecule has 68 valence electrons. The summed E-state index contributed by atoms with van der Waals surface area (Å²) in [4.78, 5) is 2.05. The zero-order valence-electron chi connectivity index (χ0n) is 8.04. The third-order valence-corrected chi connectivity index (χ3v) is 1.67. The summed E-state index contributed by atoms with van der Waals surface area (Å²) in [5.41, 5.74) is 1.92. The summed E-state index contributed by atoms with van der Waals surface area (Å²) < 4.78 is 0. The van der Waals surface area contributed by atoms with Crippen molar-refractivity contribution in [2.24, 2.45) is 0 Å². The van der Waals surface area contributed by atoms with Gasteiger partial charge >= 0.3 is 0 Å². The minimum atomic E-state index is 0.790. The van der Waals surface area contributed by atoms with E-state index in [-0.39, 0.29) is 0 Å². The van der Waals surface area contributed by atoms with Gasteiger partial charge in [0.25, 0.3) is 0 Å². The van der Waals surface area contributed by atoms with Crippen LogP contribution in [-0.4, -0.2) is 25.7 Å². The predicted octanol–water partition coefficient (Wildman–Crippen LogP) is 1.60. The first-order valence-corrected chi connectivity index (χ1v) is 4.18. The second kappa shape index (κ2) is 4.54. The minimum Gasteiger partial charge on any atom is -0.371 e. The van der Waals surface area contributed by atoms with E-state index in [0.717, 1.165) is 17.9 Å². The molecule has 0 aliphatic heterocycles. The van der Waals surface area contributed by atoms with E-state index in [1.54, 1.807) is 0 Å². The van der Waals surface area contributed by atoms with Crippen LogP contribution < -0.4 is 5.32 Å². The SMILES string of the molecule is C#Cc1ccccc1NCN(C)C. The molecule has 0 fully saturated rings. The fourth-order valence-corrected chi connectivity index (χ4v) is 1.01. The lowest BCUT2D eigenvalue weighted by molar-refractivity contribution is 0.440. The largest absolute Gasteiger partial charge is 0.371 e. The molecule has 0 amide bonds. The average Bonchev–Trinajstić information content (AvgIpc) is 2.15. The Morgan fingerprint density at radius 3 is 2.69 bits per heavy atom. The number of rotatable bonds is 3. The van der Waals surface area contributed by atoms with Crippen LogP contribution in [0.2, 0.25) is 0 Å². The Kier molecular flexibility index (Phi) is 3.36. The highest BCUT2D eigenvalue weighted by Gasteiger charge is 1.96. The summed E-state index contributed by atoms with van der Waals surface area (Å²) in [7, 11) is 4.01. The number of terminal acetylenes is 1. The Bertz CT molecular complexity index is 310. The molecule has 1 aromatic rings. The van der Waals surface area contributed by atoms with E-state index in [1.165, 1.54) is 0 Å². The summed E-state index contributed by atoms with van der Waals surface area (Å²) >= 11 is 0. The maximum atomic E-state index is 5.35. The minimum absolute atomic E-state index is 0.790. The van der Waals surface area contributed by atoms with Crippen LogP contribution in [-0.2, 0) is 0 Å². The van der Waals surface area contributed by atoms with Crippen LogP contribution >= 0.6 is 0 Å². The van der Waals surface area contributed by atoms with E-state index in [0.29, 0.717) is 0 Å². The molecule has 0 atom stereocenters. The number of anilines is 1. The van der Waals surface area contributed by atoms with E-state index >= 15 is 0 Å². The molecule has 0 aliphatic rings. The predicted molar refractivity (Wildman–Crippen MR) is 56.6 cm³/mol. The lowest BCUT2D eigenvalue weighted by Gasteiger charge is -2.13. The fourth-order valence-electron chi connectivity index (χ4n) is 1.01. The van der Waals surface area contributed by atoms with Gasteiger partial charge in [0.15, 0.2) is 0 Å². The number of hydrogen-bond donors (Lipinski definition) is 1. The normalized spacial score (nSPS) is 9.69. The lowest BCUT2D eigenvalue weighted by Crippen LogP contribution is -2.20. The maximum absolute atomic E-state index is 5.35. The molecule has 1 N–H and O–H groups in total. The van der Waals surface area contributed by atoms with Gasteiger partial charge in [0.05, 0.1) is 12.4 Å². The van der Waals surface area contributed by atoms with Gasteiger partial charge in [-0.2, -0.15) is 0 Å². The third kappa shape index (κ3) is 2.81. The van der Waals surface area contributed by atoms with E-state index in [2.05, 4.69) is 11.2 Å². The smallest absolute Gasteiger partial charge is 0.0673 e. The Balaban J connectivity index is 2.71. The van der Waals surface area contributed by atoms with Crippen LogP contribution in [0.5, 0.6) is 0 Å². The first-order chi connectivity index (χ1) is 6.24. The standard InChI is InChI=1S/C11H14N2/c1-4-10-7-5-6-8-11(10)12-9-13(2)3/h1,5-8,12H,9H2,2-3H3. The van der Waals surface area contributed by atoms with Crippen LogP contribution in [0, 0.1) is 12.3 Å². The third-order valence-electron chi connectivity index (χ3n) is 1.67. The topological polar surface area (TPSA) is 15.3 Å². The van der Waals surface area contributed by atoms with Gasteiger partial charge in [0.1, 0.15) is 0 Å². The van der Waals surface area contributed by atoms with Crippen molar-refractivity contribution in [2.75, 3.05) is 26.1 Å². The van der Waals surface area contributed by atoms with Crippen molar-refractivity contribution >= 4 is 5.69 Å². The summed E-state index contributed by atoms with van der Waals surface area (Å²) in [6.07, 6.45) is 5.35. The molecule has 13 heavy (non-hydrogen) atoms. The van der Waals surface area contributed by atoms with E-state index < -0.39 is 0 Å².